The molecule has 30 heteroatoms. The fraction of sp³-hybridized carbons (Fsp3) is 1.00. The van der Waals surface area contributed by atoms with E-state index in [0.29, 0.717) is 0 Å². The van der Waals surface area contributed by atoms with Crippen molar-refractivity contribution in [1.82, 2.24) is 0 Å². The first-order valence-corrected chi connectivity index (χ1v) is 23.4. The molecule has 0 aromatic carbocycles. The molecule has 2 atom stereocenters. The molecule has 0 saturated heterocycles. The van der Waals surface area contributed by atoms with Gasteiger partial charge in [0.15, 0.2) is 32.6 Å². The van der Waals surface area contributed by atoms with E-state index in [9.17, 15) is 114 Å². The number of rotatable bonds is 26. The van der Waals surface area contributed by atoms with Crippen molar-refractivity contribution in [2.45, 2.75) is 178 Å². The lowest BCUT2D eigenvalue weighted by Gasteiger charge is -2.38. The Kier molecular flexibility index (Phi) is 29.7. The minimum Gasteiger partial charge on any atom is -0.743 e. The zero-order valence-electron chi connectivity index (χ0n) is 37.6. The molecule has 0 heterocycles. The fourth-order valence-electron chi connectivity index (χ4n) is 5.79. The predicted octanol–water partition coefficient (Wildman–Crippen LogP) is 12.3. The first-order valence-electron chi connectivity index (χ1n) is 20.5. The minimum atomic E-state index is -7.56. The second-order valence-electron chi connectivity index (χ2n) is 14.9. The normalized spacial score (nSPS) is 15.1. The minimum absolute atomic E-state index is 0.0892. The number of unbranched alkanes of at least 4 members (excludes halogenated alkanes) is 4. The van der Waals surface area contributed by atoms with Crippen molar-refractivity contribution in [2.24, 2.45) is 0 Å². The molecule has 0 amide bonds. The first kappa shape index (κ1) is 70.9. The lowest BCUT2D eigenvalue weighted by Crippen LogP contribution is -2.66. The van der Waals surface area contributed by atoms with E-state index in [0.717, 1.165) is 0 Å². The van der Waals surface area contributed by atoms with Crippen molar-refractivity contribution < 1.29 is 123 Å². The third-order valence-electron chi connectivity index (χ3n) is 11.2. The fourth-order valence-corrected chi connectivity index (χ4v) is 6.70. The van der Waals surface area contributed by atoms with Gasteiger partial charge < -0.3 is 18.1 Å². The Hall–Kier alpha value is -1.66. The Balaban J connectivity index is -0.000000429. The predicted molar refractivity (Wildman–Crippen MR) is 202 cm³/mol. The van der Waals surface area contributed by atoms with Crippen LogP contribution in [0.4, 0.5) is 87.8 Å². The van der Waals surface area contributed by atoms with Crippen molar-refractivity contribution in [3.05, 3.63) is 0 Å². The van der Waals surface area contributed by atoms with Crippen LogP contribution in [0, 0.1) is 0 Å². The number of alkyl halides is 20. The van der Waals surface area contributed by atoms with Crippen molar-refractivity contribution in [3.63, 3.8) is 0 Å². The molecule has 0 spiro atoms. The summed E-state index contributed by atoms with van der Waals surface area (Å²) in [5.74, 6) is -27.2. The summed E-state index contributed by atoms with van der Waals surface area (Å²) < 4.78 is 315. The molecule has 0 rings (SSSR count). The van der Waals surface area contributed by atoms with E-state index in [1.807, 2.05) is 0 Å². The Morgan fingerprint density at radius 3 is 0.864 bits per heavy atom. The summed E-state index contributed by atoms with van der Waals surface area (Å²) in [4.78, 5) is 0. The van der Waals surface area contributed by atoms with Gasteiger partial charge in [-0.3, -0.25) is 0 Å². The molecule has 8 nitrogen and oxygen atoms in total. The molecule has 66 heavy (non-hydrogen) atoms. The summed E-state index contributed by atoms with van der Waals surface area (Å²) in [6.45, 7) is 28.4. The van der Waals surface area contributed by atoms with Gasteiger partial charge in [0.2, 0.25) is 0 Å². The smallest absolute Gasteiger partial charge is 0.402 e. The average Bonchev–Trinajstić information content (AvgIpc) is 3.18. The average molecular weight is 1060 g/mol. The van der Waals surface area contributed by atoms with Crippen molar-refractivity contribution >= 4 is 20.2 Å². The van der Waals surface area contributed by atoms with Crippen LogP contribution < -0.4 is 0 Å². The highest BCUT2D eigenvalue weighted by Gasteiger charge is 2.84. The van der Waals surface area contributed by atoms with Crippen LogP contribution in [0.2, 0.25) is 0 Å². The van der Waals surface area contributed by atoms with Crippen LogP contribution in [-0.2, 0) is 20.2 Å². The summed E-state index contributed by atoms with van der Waals surface area (Å²) in [7, 11) is -14.3. The number of hydrogen-bond acceptors (Lipinski definition) is 6. The van der Waals surface area contributed by atoms with Gasteiger partial charge in [-0.25, -0.2) is 25.6 Å². The van der Waals surface area contributed by atoms with Gasteiger partial charge in [-0.05, 0) is 87.5 Å². The maximum Gasteiger partial charge on any atom is 0.402 e. The molecule has 0 bridgehead atoms. The van der Waals surface area contributed by atoms with Crippen molar-refractivity contribution in [3.8, 4) is 0 Å². The van der Waals surface area contributed by atoms with Crippen LogP contribution in [0.1, 0.15) is 120 Å². The van der Waals surface area contributed by atoms with E-state index in [1.165, 1.54) is 61.3 Å². The molecule has 0 radical (unpaired) electrons. The van der Waals surface area contributed by atoms with Crippen LogP contribution in [0.5, 0.6) is 0 Å². The lowest BCUT2D eigenvalue weighted by atomic mass is 9.96. The monoisotopic (exact) mass is 1060 g/mol. The maximum absolute atomic E-state index is 13.2. The van der Waals surface area contributed by atoms with E-state index < -0.39 is 124 Å². The molecule has 0 aromatic rings. The van der Waals surface area contributed by atoms with E-state index in [1.54, 1.807) is 0 Å². The van der Waals surface area contributed by atoms with Crippen LogP contribution >= 0.6 is 0 Å². The van der Waals surface area contributed by atoms with Crippen molar-refractivity contribution in [1.29, 1.82) is 0 Å². The summed E-state index contributed by atoms with van der Waals surface area (Å²) in [5, 5.41) is -13.3. The Morgan fingerprint density at radius 2 is 0.621 bits per heavy atom. The highest BCUT2D eigenvalue weighted by molar-refractivity contribution is 7.87. The van der Waals surface area contributed by atoms with Crippen LogP contribution in [0.25, 0.3) is 0 Å². The molecule has 0 fully saturated rings. The van der Waals surface area contributed by atoms with E-state index >= 15 is 0 Å². The summed E-state index contributed by atoms with van der Waals surface area (Å²) in [6, 6.07) is 0. The second-order valence-corrected chi connectivity index (χ2v) is 17.8. The largest absolute Gasteiger partial charge is 0.743 e. The summed E-state index contributed by atoms with van der Waals surface area (Å²) in [5.41, 5.74) is 0. The molecular weight excluding hydrogens is 1000 g/mol. The molecule has 0 N–H and O–H groups in total. The number of hydrogen-bond donors (Lipinski definition) is 0. The molecule has 404 valence electrons. The van der Waals surface area contributed by atoms with Gasteiger partial charge in [-0.15, -0.1) is 0 Å². The molecule has 0 saturated carbocycles. The number of halogens is 20. The third kappa shape index (κ3) is 20.7. The van der Waals surface area contributed by atoms with Crippen LogP contribution in [-0.4, -0.2) is 146 Å². The van der Waals surface area contributed by atoms with Gasteiger partial charge >= 0.3 is 46.6 Å². The summed E-state index contributed by atoms with van der Waals surface area (Å²) >= 11 is 0. The van der Waals surface area contributed by atoms with Gasteiger partial charge in [-0.2, -0.15) is 79.0 Å². The van der Waals surface area contributed by atoms with Crippen LogP contribution in [0.15, 0.2) is 0 Å². The second kappa shape index (κ2) is 27.7. The van der Waals surface area contributed by atoms with Gasteiger partial charge in [0.1, 0.15) is 0 Å². The third-order valence-corrected chi connectivity index (χ3v) is 13.0. The molecule has 0 aliphatic carbocycles. The van der Waals surface area contributed by atoms with Crippen molar-refractivity contribution in [2.75, 3.05) is 52.4 Å². The van der Waals surface area contributed by atoms with Crippen LogP contribution in [0.3, 0.4) is 0 Å². The van der Waals surface area contributed by atoms with Gasteiger partial charge in [0.25, 0.3) is 0 Å². The standard InChI is InChI=1S/C10H10F12O3S.C10H14F8O3S.2C8H20N/c11-5(3-1-2-4-6(12,13)14)7(15,16)8(17,18)9(19,20)10(21,22)26(23,24)25;11-7(5-3-1-2-4-6-8(12,13)14)9(15,16)10(17,18)22(19,20)21;2*1-5-9(6-2,7-3)8-4/h5H,1-4H2,(H,23,24,25);7H,1-6H2,(H,19,20,21);2*5-8H2,1-4H3/q;;2*+1/p-2. The molecule has 0 aliphatic rings. The SMILES string of the molecule is CC[N+](CC)(CC)CC.CC[N+](CC)(CC)CC.O=S(=O)([O-])C(F)(F)C(F)(F)C(F)(F)C(F)(F)C(F)CCCCC(F)(F)F.O=S(=O)([O-])C(F)(F)C(F)(F)C(F)CCCCCCC(F)(F)F. The maximum atomic E-state index is 13.2. The van der Waals surface area contributed by atoms with Gasteiger partial charge in [-0.1, -0.05) is 19.3 Å². The zero-order chi connectivity index (χ0) is 53.9. The Bertz CT molecular complexity index is 1500. The number of nitrogens with zero attached hydrogens (tertiary/aromatic N) is 2. The highest BCUT2D eigenvalue weighted by Crippen LogP contribution is 2.56. The highest BCUT2D eigenvalue weighted by atomic mass is 32.2. The van der Waals surface area contributed by atoms with Gasteiger partial charge in [0.05, 0.1) is 52.4 Å². The molecular formula is C36H62F20N2O6S2. The number of quaternary nitrogens is 2. The van der Waals surface area contributed by atoms with E-state index in [-0.39, 0.29) is 19.3 Å². The van der Waals surface area contributed by atoms with Gasteiger partial charge in [0, 0.05) is 12.8 Å². The summed E-state index contributed by atoms with van der Waals surface area (Å²) in [6.07, 6.45) is -26.2. The Morgan fingerprint density at radius 1 is 0.379 bits per heavy atom. The molecule has 0 aromatic heterocycles. The first-order chi connectivity index (χ1) is 29.2. The zero-order valence-corrected chi connectivity index (χ0v) is 39.2. The van der Waals surface area contributed by atoms with E-state index in [4.69, 9.17) is 0 Å². The quantitative estimate of drug-likeness (QED) is 0.0369. The molecule has 2 unspecified atom stereocenters. The topological polar surface area (TPSA) is 114 Å². The molecule has 0 aliphatic heterocycles. The lowest BCUT2D eigenvalue weighted by molar-refractivity contribution is -0.921. The Labute approximate surface area is 373 Å². The van der Waals surface area contributed by atoms with E-state index in [2.05, 4.69) is 55.4 Å².